The summed E-state index contributed by atoms with van der Waals surface area (Å²) in [6.45, 7) is 11.7. The highest BCUT2D eigenvalue weighted by Crippen LogP contribution is 2.26. The van der Waals surface area contributed by atoms with Crippen molar-refractivity contribution >= 4 is 5.69 Å². The average molecular weight is 410 g/mol. The van der Waals surface area contributed by atoms with Crippen molar-refractivity contribution < 1.29 is 9.84 Å². The van der Waals surface area contributed by atoms with Crippen LogP contribution in [0.15, 0.2) is 36.4 Å². The van der Waals surface area contributed by atoms with E-state index in [1.54, 1.807) is 7.11 Å². The molecule has 0 radical (unpaired) electrons. The smallest absolute Gasteiger partial charge is 0.121 e. The van der Waals surface area contributed by atoms with Gasteiger partial charge in [-0.25, -0.2) is 0 Å². The van der Waals surface area contributed by atoms with E-state index in [1.807, 2.05) is 26.0 Å². The zero-order valence-corrected chi connectivity index (χ0v) is 18.6. The van der Waals surface area contributed by atoms with E-state index < -0.39 is 0 Å². The first-order chi connectivity index (χ1) is 14.5. The Balaban J connectivity index is 1.32. The van der Waals surface area contributed by atoms with Crippen molar-refractivity contribution in [1.82, 2.24) is 9.80 Å². The molecule has 162 valence electrons. The number of phenols is 1. The third-order valence-corrected chi connectivity index (χ3v) is 6.71. The van der Waals surface area contributed by atoms with E-state index in [-0.39, 0.29) is 0 Å². The Morgan fingerprint density at radius 2 is 1.63 bits per heavy atom. The lowest BCUT2D eigenvalue weighted by molar-refractivity contribution is 0.0887. The molecule has 2 aliphatic heterocycles. The van der Waals surface area contributed by atoms with Crippen LogP contribution >= 0.6 is 0 Å². The Bertz CT molecular complexity index is 821. The summed E-state index contributed by atoms with van der Waals surface area (Å²) in [6, 6.07) is 13.4. The Hall–Kier alpha value is -2.24. The summed E-state index contributed by atoms with van der Waals surface area (Å²) in [4.78, 5) is 7.77. The van der Waals surface area contributed by atoms with Gasteiger partial charge in [0.1, 0.15) is 11.5 Å². The zero-order valence-electron chi connectivity index (χ0n) is 18.6. The van der Waals surface area contributed by atoms with E-state index in [9.17, 15) is 5.11 Å². The number of anilines is 1. The second-order valence-corrected chi connectivity index (χ2v) is 8.83. The molecule has 2 fully saturated rings. The molecule has 5 heteroatoms. The first kappa shape index (κ1) is 21.0. The third-order valence-electron chi connectivity index (χ3n) is 6.71. The van der Waals surface area contributed by atoms with E-state index >= 15 is 0 Å². The normalized spacial score (nSPS) is 21.0. The Morgan fingerprint density at radius 3 is 2.27 bits per heavy atom. The molecule has 1 unspecified atom stereocenters. The maximum absolute atomic E-state index is 10.0. The van der Waals surface area contributed by atoms with Gasteiger partial charge in [-0.3, -0.25) is 9.80 Å². The second-order valence-electron chi connectivity index (χ2n) is 8.83. The standard InChI is InChI=1S/C25H35N3O2/c1-19-15-21(16-20(2)25(19)29)17-26-10-4-5-23(18-26)28-13-11-27(12-14-28)22-6-8-24(30-3)9-7-22/h6-9,15-16,23,29H,4-5,10-14,17-18H2,1-3H3. The van der Waals surface area contributed by atoms with Crippen molar-refractivity contribution in [3.8, 4) is 11.5 Å². The number of aromatic hydroxyl groups is 1. The fourth-order valence-corrected chi connectivity index (χ4v) is 5.01. The number of piperazine rings is 1. The molecule has 0 saturated carbocycles. The van der Waals surface area contributed by atoms with Crippen molar-refractivity contribution in [3.05, 3.63) is 53.1 Å². The number of likely N-dealkylation sites (tertiary alicyclic amines) is 1. The van der Waals surface area contributed by atoms with Crippen LogP contribution in [-0.4, -0.2) is 67.3 Å². The van der Waals surface area contributed by atoms with Crippen LogP contribution in [0.4, 0.5) is 5.69 Å². The van der Waals surface area contributed by atoms with Gasteiger partial charge in [-0.15, -0.1) is 0 Å². The molecule has 2 heterocycles. The summed E-state index contributed by atoms with van der Waals surface area (Å²) in [6.07, 6.45) is 2.56. The Morgan fingerprint density at radius 1 is 0.967 bits per heavy atom. The predicted octanol–water partition coefficient (Wildman–Crippen LogP) is 3.80. The van der Waals surface area contributed by atoms with Crippen LogP contribution in [0.3, 0.4) is 0 Å². The molecule has 30 heavy (non-hydrogen) atoms. The zero-order chi connectivity index (χ0) is 21.1. The van der Waals surface area contributed by atoms with Crippen molar-refractivity contribution in [3.63, 3.8) is 0 Å². The first-order valence-electron chi connectivity index (χ1n) is 11.2. The number of methoxy groups -OCH3 is 1. The van der Waals surface area contributed by atoms with Gasteiger partial charge >= 0.3 is 0 Å². The lowest BCUT2D eigenvalue weighted by Crippen LogP contribution is -2.55. The number of hydrogen-bond donors (Lipinski definition) is 1. The fourth-order valence-electron chi connectivity index (χ4n) is 5.01. The maximum atomic E-state index is 10.0. The highest BCUT2D eigenvalue weighted by atomic mass is 16.5. The van der Waals surface area contributed by atoms with Gasteiger partial charge in [-0.1, -0.05) is 12.1 Å². The lowest BCUT2D eigenvalue weighted by Gasteiger charge is -2.44. The summed E-state index contributed by atoms with van der Waals surface area (Å²) in [7, 11) is 1.71. The molecule has 0 amide bonds. The maximum Gasteiger partial charge on any atom is 0.121 e. The van der Waals surface area contributed by atoms with E-state index in [2.05, 4.69) is 39.0 Å². The predicted molar refractivity (Wildman–Crippen MR) is 123 cm³/mol. The summed E-state index contributed by atoms with van der Waals surface area (Å²) >= 11 is 0. The van der Waals surface area contributed by atoms with Crippen LogP contribution in [0.25, 0.3) is 0 Å². The van der Waals surface area contributed by atoms with Crippen LogP contribution in [0, 0.1) is 13.8 Å². The molecule has 2 aliphatic rings. The highest BCUT2D eigenvalue weighted by molar-refractivity contribution is 5.49. The second kappa shape index (κ2) is 9.27. The van der Waals surface area contributed by atoms with E-state index in [0.29, 0.717) is 11.8 Å². The fraction of sp³-hybridized carbons (Fsp3) is 0.520. The molecule has 0 aromatic heterocycles. The number of benzene rings is 2. The van der Waals surface area contributed by atoms with Gasteiger partial charge < -0.3 is 14.7 Å². The minimum Gasteiger partial charge on any atom is -0.507 e. The van der Waals surface area contributed by atoms with Gasteiger partial charge in [0.2, 0.25) is 0 Å². The molecule has 4 rings (SSSR count). The number of ether oxygens (including phenoxy) is 1. The molecular weight excluding hydrogens is 374 g/mol. The van der Waals surface area contributed by atoms with E-state index in [1.165, 1.54) is 30.6 Å². The highest BCUT2D eigenvalue weighted by Gasteiger charge is 2.28. The first-order valence-corrected chi connectivity index (χ1v) is 11.2. The minimum absolute atomic E-state index is 0.435. The molecule has 2 saturated heterocycles. The number of nitrogens with zero attached hydrogens (tertiary/aromatic N) is 3. The van der Waals surface area contributed by atoms with Crippen molar-refractivity contribution in [2.75, 3.05) is 51.3 Å². The molecule has 0 spiro atoms. The Kier molecular flexibility index (Phi) is 6.49. The largest absolute Gasteiger partial charge is 0.507 e. The van der Waals surface area contributed by atoms with Crippen LogP contribution in [0.1, 0.15) is 29.5 Å². The number of hydrogen-bond acceptors (Lipinski definition) is 5. The van der Waals surface area contributed by atoms with Crippen LogP contribution in [-0.2, 0) is 6.54 Å². The van der Waals surface area contributed by atoms with Crippen molar-refractivity contribution in [1.29, 1.82) is 0 Å². The SMILES string of the molecule is COc1ccc(N2CCN(C3CCCN(Cc4cc(C)c(O)c(C)c4)C3)CC2)cc1. The monoisotopic (exact) mass is 409 g/mol. The molecule has 1 N–H and O–H groups in total. The topological polar surface area (TPSA) is 39.2 Å². The summed E-state index contributed by atoms with van der Waals surface area (Å²) in [5, 5.41) is 10.0. The molecule has 2 aromatic carbocycles. The number of phenolic OH excluding ortho intramolecular Hbond substituents is 1. The summed E-state index contributed by atoms with van der Waals surface area (Å²) in [5.74, 6) is 1.35. The van der Waals surface area contributed by atoms with E-state index in [0.717, 1.165) is 56.1 Å². The quantitative estimate of drug-likeness (QED) is 0.813. The van der Waals surface area contributed by atoms with Gasteiger partial charge in [-0.05, 0) is 74.2 Å². The van der Waals surface area contributed by atoms with Crippen molar-refractivity contribution in [2.45, 2.75) is 39.3 Å². The van der Waals surface area contributed by atoms with Gasteiger partial charge in [0.05, 0.1) is 7.11 Å². The van der Waals surface area contributed by atoms with Gasteiger partial charge in [0.25, 0.3) is 0 Å². The van der Waals surface area contributed by atoms with Gasteiger partial charge in [0.15, 0.2) is 0 Å². The summed E-state index contributed by atoms with van der Waals surface area (Å²) in [5.41, 5.74) is 4.56. The molecule has 0 bridgehead atoms. The number of rotatable bonds is 5. The molecule has 2 aromatic rings. The molecule has 5 nitrogen and oxygen atoms in total. The van der Waals surface area contributed by atoms with Crippen LogP contribution in [0.5, 0.6) is 11.5 Å². The van der Waals surface area contributed by atoms with Gasteiger partial charge in [0, 0.05) is 51.0 Å². The third kappa shape index (κ3) is 4.73. The minimum atomic E-state index is 0.435. The lowest BCUT2D eigenvalue weighted by atomic mass is 10.0. The Labute approximate surface area is 180 Å². The van der Waals surface area contributed by atoms with E-state index in [4.69, 9.17) is 4.74 Å². The van der Waals surface area contributed by atoms with Crippen molar-refractivity contribution in [2.24, 2.45) is 0 Å². The van der Waals surface area contributed by atoms with Crippen LogP contribution < -0.4 is 9.64 Å². The van der Waals surface area contributed by atoms with Gasteiger partial charge in [-0.2, -0.15) is 0 Å². The molecular formula is C25H35N3O2. The molecule has 1 atom stereocenters. The number of aryl methyl sites for hydroxylation is 2. The average Bonchev–Trinajstić information content (AvgIpc) is 2.78. The number of piperidine rings is 1. The summed E-state index contributed by atoms with van der Waals surface area (Å²) < 4.78 is 5.28. The van der Waals surface area contributed by atoms with Crippen LogP contribution in [0.2, 0.25) is 0 Å². The molecule has 0 aliphatic carbocycles.